The van der Waals surface area contributed by atoms with E-state index in [2.05, 4.69) is 14.1 Å². The summed E-state index contributed by atoms with van der Waals surface area (Å²) < 4.78 is 78.6. The first kappa shape index (κ1) is 28.5. The summed E-state index contributed by atoms with van der Waals surface area (Å²) in [5, 5.41) is 11.0. The van der Waals surface area contributed by atoms with Gasteiger partial charge in [-0.2, -0.15) is 21.6 Å². The van der Waals surface area contributed by atoms with Crippen LogP contribution < -0.4 is 0 Å². The summed E-state index contributed by atoms with van der Waals surface area (Å²) in [5.74, 6) is -0.116. The van der Waals surface area contributed by atoms with Crippen molar-refractivity contribution in [2.45, 2.75) is 53.6 Å². The van der Waals surface area contributed by atoms with Gasteiger partial charge in [0, 0.05) is 45.6 Å². The predicted molar refractivity (Wildman–Crippen MR) is 111 cm³/mol. The fraction of sp³-hybridized carbons (Fsp3) is 0.875. The van der Waals surface area contributed by atoms with E-state index in [4.69, 9.17) is 8.85 Å². The molecule has 0 atom stereocenters. The standard InChI is InChI=1S/C16H33F3N4O5SSi/c1-14(2,3)12(20-22(7)8)26-30(11,28-29(24,25)16(17,18)19)27-13(15(4,5)6)21-23(9)10/h1-11H3/b20-12+,21-13+. The minimum absolute atomic E-state index is 0.0582. The Labute approximate surface area is 178 Å². The van der Waals surface area contributed by atoms with E-state index in [0.29, 0.717) is 0 Å². The average molecular weight is 479 g/mol. The Kier molecular flexibility index (Phi) is 8.82. The third-order valence-corrected chi connectivity index (χ3v) is 6.76. The monoisotopic (exact) mass is 478 g/mol. The van der Waals surface area contributed by atoms with Gasteiger partial charge < -0.3 is 8.85 Å². The lowest BCUT2D eigenvalue weighted by Gasteiger charge is -2.34. The zero-order valence-corrected chi connectivity index (χ0v) is 21.2. The smallest absolute Gasteiger partial charge is 0.478 e. The lowest BCUT2D eigenvalue weighted by atomic mass is 9.97. The molecule has 0 amide bonds. The third-order valence-electron chi connectivity index (χ3n) is 2.97. The summed E-state index contributed by atoms with van der Waals surface area (Å²) >= 11 is 0. The van der Waals surface area contributed by atoms with Crippen LogP contribution in [0.25, 0.3) is 0 Å². The lowest BCUT2D eigenvalue weighted by Crippen LogP contribution is -2.53. The molecule has 0 aromatic carbocycles. The molecule has 178 valence electrons. The van der Waals surface area contributed by atoms with Gasteiger partial charge in [-0.25, -0.2) is 3.87 Å². The van der Waals surface area contributed by atoms with Crippen molar-refractivity contribution >= 4 is 30.7 Å². The van der Waals surface area contributed by atoms with Gasteiger partial charge in [-0.3, -0.25) is 10.0 Å². The summed E-state index contributed by atoms with van der Waals surface area (Å²) in [4.78, 5) is 0. The van der Waals surface area contributed by atoms with E-state index in [1.165, 1.54) is 10.0 Å². The molecule has 0 N–H and O–H groups in total. The Morgan fingerprint density at radius 2 is 1.10 bits per heavy atom. The van der Waals surface area contributed by atoms with Gasteiger partial charge in [0.1, 0.15) is 0 Å². The Hall–Kier alpha value is -1.54. The van der Waals surface area contributed by atoms with Crippen molar-refractivity contribution in [2.24, 2.45) is 21.0 Å². The Bertz CT molecular complexity index is 716. The van der Waals surface area contributed by atoms with Crippen LogP contribution in [0.2, 0.25) is 6.55 Å². The highest BCUT2D eigenvalue weighted by atomic mass is 32.2. The minimum atomic E-state index is -6.02. The number of hydrogen-bond donors (Lipinski definition) is 0. The highest BCUT2D eigenvalue weighted by molar-refractivity contribution is 7.88. The molecule has 0 saturated heterocycles. The van der Waals surface area contributed by atoms with E-state index in [9.17, 15) is 21.6 Å². The predicted octanol–water partition coefficient (Wildman–Crippen LogP) is 3.30. The van der Waals surface area contributed by atoms with Gasteiger partial charge in [0.2, 0.25) is 11.8 Å². The number of rotatable bonds is 6. The maximum atomic E-state index is 13.0. The second-order valence-corrected chi connectivity index (χ2v) is 13.2. The highest BCUT2D eigenvalue weighted by Crippen LogP contribution is 2.32. The minimum Gasteiger partial charge on any atom is -0.478 e. The van der Waals surface area contributed by atoms with E-state index in [-0.39, 0.29) is 11.8 Å². The van der Waals surface area contributed by atoms with Crippen LogP contribution in [0, 0.1) is 10.8 Å². The van der Waals surface area contributed by atoms with Crippen LogP contribution in [-0.2, 0) is 22.8 Å². The van der Waals surface area contributed by atoms with E-state index in [1.54, 1.807) is 69.7 Å². The first-order chi connectivity index (χ1) is 13.0. The van der Waals surface area contributed by atoms with Crippen LogP contribution in [0.3, 0.4) is 0 Å². The number of alkyl halides is 3. The summed E-state index contributed by atoms with van der Waals surface area (Å²) in [7, 11) is -4.30. The molecule has 0 aliphatic heterocycles. The number of nitrogens with zero attached hydrogens (tertiary/aromatic N) is 4. The molecule has 0 aliphatic carbocycles. The van der Waals surface area contributed by atoms with Gasteiger partial charge in [0.25, 0.3) is 0 Å². The lowest BCUT2D eigenvalue weighted by molar-refractivity contribution is -0.0519. The zero-order valence-electron chi connectivity index (χ0n) is 19.4. The molecule has 0 spiro atoms. The molecular weight excluding hydrogens is 445 g/mol. The Balaban J connectivity index is 6.54. The van der Waals surface area contributed by atoms with Gasteiger partial charge in [-0.05, 0) is 0 Å². The van der Waals surface area contributed by atoms with Gasteiger partial charge >= 0.3 is 24.4 Å². The second-order valence-electron chi connectivity index (χ2n) is 9.05. The van der Waals surface area contributed by atoms with Crippen LogP contribution in [-0.4, -0.2) is 72.7 Å². The van der Waals surface area contributed by atoms with Crippen molar-refractivity contribution in [3.8, 4) is 0 Å². The van der Waals surface area contributed by atoms with Crippen LogP contribution in [0.1, 0.15) is 41.5 Å². The molecule has 0 heterocycles. The molecule has 0 bridgehead atoms. The van der Waals surface area contributed by atoms with Crippen molar-refractivity contribution in [2.75, 3.05) is 28.2 Å². The van der Waals surface area contributed by atoms with E-state index in [0.717, 1.165) is 6.55 Å². The zero-order chi connectivity index (χ0) is 24.3. The Morgan fingerprint density at radius 1 is 0.800 bits per heavy atom. The second kappa shape index (κ2) is 9.30. The van der Waals surface area contributed by atoms with Crippen molar-refractivity contribution in [3.63, 3.8) is 0 Å². The topological polar surface area (TPSA) is 93.0 Å². The largest absolute Gasteiger partial charge is 0.645 e. The number of halogens is 3. The molecule has 0 aromatic rings. The third kappa shape index (κ3) is 9.08. The summed E-state index contributed by atoms with van der Waals surface area (Å²) in [6.45, 7) is 11.2. The number of hydrogen-bond acceptors (Lipinski definition) is 9. The van der Waals surface area contributed by atoms with E-state index < -0.39 is 35.3 Å². The molecule has 0 aliphatic rings. The normalized spacial score (nSPS) is 15.1. The van der Waals surface area contributed by atoms with E-state index >= 15 is 0 Å². The van der Waals surface area contributed by atoms with Gasteiger partial charge in [-0.15, -0.1) is 10.2 Å². The molecule has 0 saturated carbocycles. The molecule has 0 rings (SSSR count). The molecule has 9 nitrogen and oxygen atoms in total. The quantitative estimate of drug-likeness (QED) is 0.190. The van der Waals surface area contributed by atoms with E-state index in [1.807, 2.05) is 0 Å². The molecule has 0 unspecified atom stereocenters. The maximum absolute atomic E-state index is 13.0. The Morgan fingerprint density at radius 3 is 1.30 bits per heavy atom. The van der Waals surface area contributed by atoms with Crippen LogP contribution in [0.5, 0.6) is 0 Å². The fourth-order valence-electron chi connectivity index (χ4n) is 1.66. The molecule has 0 fully saturated rings. The van der Waals surface area contributed by atoms with Crippen molar-refractivity contribution in [1.82, 2.24) is 10.0 Å². The molecule has 30 heavy (non-hydrogen) atoms. The maximum Gasteiger partial charge on any atom is 0.645 e. The summed E-state index contributed by atoms with van der Waals surface area (Å²) in [5.41, 5.74) is -7.25. The summed E-state index contributed by atoms with van der Waals surface area (Å²) in [6, 6.07) is 0. The molecule has 14 heteroatoms. The fourth-order valence-corrected chi connectivity index (χ4v) is 5.35. The average Bonchev–Trinajstić information content (AvgIpc) is 2.40. The van der Waals surface area contributed by atoms with Crippen molar-refractivity contribution in [1.29, 1.82) is 0 Å². The van der Waals surface area contributed by atoms with Crippen LogP contribution >= 0.6 is 0 Å². The number of hydrazone groups is 2. The SMILES string of the molecule is CN(C)/N=C(/O[Si](C)(O/C(=N/N(C)C)C(C)(C)C)OS(=O)(=O)C(F)(F)F)C(C)(C)C. The highest BCUT2D eigenvalue weighted by Gasteiger charge is 2.58. The van der Waals surface area contributed by atoms with Gasteiger partial charge in [0.05, 0.1) is 0 Å². The van der Waals surface area contributed by atoms with Crippen molar-refractivity contribution in [3.05, 3.63) is 0 Å². The molecule has 0 aromatic heterocycles. The molecule has 0 radical (unpaired) electrons. The molecular formula is C16H33F3N4O5SSi. The van der Waals surface area contributed by atoms with Crippen molar-refractivity contribution < 1.29 is 34.3 Å². The first-order valence-corrected chi connectivity index (χ1v) is 12.6. The summed E-state index contributed by atoms with van der Waals surface area (Å²) in [6.07, 6.45) is 0. The first-order valence-electron chi connectivity index (χ1n) is 8.93. The van der Waals surface area contributed by atoms with Gasteiger partial charge in [-0.1, -0.05) is 41.5 Å². The van der Waals surface area contributed by atoms with Crippen LogP contribution in [0.4, 0.5) is 13.2 Å². The van der Waals surface area contributed by atoms with Crippen LogP contribution in [0.15, 0.2) is 10.2 Å². The van der Waals surface area contributed by atoms with Gasteiger partial charge in [0.15, 0.2) is 0 Å².